The van der Waals surface area contributed by atoms with Gasteiger partial charge in [0.25, 0.3) is 0 Å². The number of halogens is 2. The van der Waals surface area contributed by atoms with Gasteiger partial charge in [0.1, 0.15) is 0 Å². The summed E-state index contributed by atoms with van der Waals surface area (Å²) in [6, 6.07) is 4.54. The van der Waals surface area contributed by atoms with Crippen LogP contribution in [0, 0.1) is 3.57 Å². The third-order valence-corrected chi connectivity index (χ3v) is 5.16. The van der Waals surface area contributed by atoms with E-state index in [1.165, 1.54) is 24.8 Å². The van der Waals surface area contributed by atoms with Crippen LogP contribution >= 0.6 is 49.9 Å². The van der Waals surface area contributed by atoms with Gasteiger partial charge in [-0.05, 0) is 63.0 Å². The molecule has 0 fully saturated rings. The van der Waals surface area contributed by atoms with Crippen molar-refractivity contribution < 1.29 is 0 Å². The van der Waals surface area contributed by atoms with Crippen LogP contribution in [-0.4, -0.2) is 0 Å². The summed E-state index contributed by atoms with van der Waals surface area (Å²) < 4.78 is 2.81. The van der Waals surface area contributed by atoms with Gasteiger partial charge in [-0.25, -0.2) is 0 Å². The Hall–Kier alpha value is 0.390. The molecule has 0 aliphatic rings. The molecular weight excluding hydrogens is 371 g/mol. The number of hydrogen-bond donors (Lipinski definition) is 0. The van der Waals surface area contributed by atoms with E-state index < -0.39 is 0 Å². The van der Waals surface area contributed by atoms with Gasteiger partial charge in [-0.3, -0.25) is 0 Å². The monoisotopic (exact) mass is 380 g/mol. The van der Waals surface area contributed by atoms with Crippen molar-refractivity contribution in [2.24, 2.45) is 0 Å². The fraction of sp³-hybridized carbons (Fsp3) is 0.273. The predicted octanol–water partition coefficient (Wildman–Crippen LogP) is 4.96. The van der Waals surface area contributed by atoms with Crippen molar-refractivity contribution in [3.63, 3.8) is 0 Å². The Labute approximate surface area is 110 Å². The third-order valence-electron chi connectivity index (χ3n) is 2.39. The Morgan fingerprint density at radius 2 is 2.29 bits per heavy atom. The average Bonchev–Trinajstić information content (AvgIpc) is 2.66. The average molecular weight is 381 g/mol. The largest absolute Gasteiger partial charge is 0.143 e. The zero-order valence-electron chi connectivity index (χ0n) is 7.81. The molecular formula is C11H10BrIS. The maximum absolute atomic E-state index is 3.56. The first kappa shape index (κ1) is 10.9. The number of benzene rings is 1. The van der Waals surface area contributed by atoms with Crippen LogP contribution in [0.5, 0.6) is 0 Å². The number of hydrogen-bond acceptors (Lipinski definition) is 1. The molecule has 2 aromatic rings. The number of aryl methyl sites for hydroxylation is 1. The highest BCUT2D eigenvalue weighted by atomic mass is 127. The molecule has 1 aromatic carbocycles. The van der Waals surface area contributed by atoms with Crippen LogP contribution < -0.4 is 0 Å². The van der Waals surface area contributed by atoms with E-state index >= 15 is 0 Å². The zero-order chi connectivity index (χ0) is 10.1. The molecule has 14 heavy (non-hydrogen) atoms. The summed E-state index contributed by atoms with van der Waals surface area (Å²) in [6.45, 7) is 2.23. The lowest BCUT2D eigenvalue weighted by molar-refractivity contribution is 1.12. The molecule has 0 amide bonds. The predicted molar refractivity (Wildman–Crippen MR) is 76.6 cm³/mol. The molecule has 0 spiro atoms. The van der Waals surface area contributed by atoms with Crippen LogP contribution in [0.15, 0.2) is 17.5 Å². The van der Waals surface area contributed by atoms with E-state index in [1.54, 1.807) is 0 Å². The van der Waals surface area contributed by atoms with Crippen LogP contribution in [0.4, 0.5) is 0 Å². The molecule has 0 atom stereocenters. The Kier molecular flexibility index (Phi) is 3.50. The first-order valence-corrected chi connectivity index (χ1v) is 7.59. The second-order valence-electron chi connectivity index (χ2n) is 3.15. The van der Waals surface area contributed by atoms with Gasteiger partial charge in [0.05, 0.1) is 0 Å². The van der Waals surface area contributed by atoms with Gasteiger partial charge in [-0.2, -0.15) is 0 Å². The summed E-state index contributed by atoms with van der Waals surface area (Å²) in [6.07, 6.45) is 1.12. The van der Waals surface area contributed by atoms with E-state index in [4.69, 9.17) is 0 Å². The normalized spacial score (nSPS) is 11.1. The van der Waals surface area contributed by atoms with Crippen LogP contribution in [-0.2, 0) is 11.8 Å². The van der Waals surface area contributed by atoms with Gasteiger partial charge in [0.2, 0.25) is 0 Å². The van der Waals surface area contributed by atoms with Gasteiger partial charge in [-0.15, -0.1) is 11.3 Å². The van der Waals surface area contributed by atoms with Gasteiger partial charge >= 0.3 is 0 Å². The van der Waals surface area contributed by atoms with E-state index in [2.05, 4.69) is 63.0 Å². The highest BCUT2D eigenvalue weighted by Gasteiger charge is 2.09. The molecule has 0 N–H and O–H groups in total. The molecule has 0 nitrogen and oxygen atoms in total. The summed E-state index contributed by atoms with van der Waals surface area (Å²) in [5, 5.41) is 4.58. The van der Waals surface area contributed by atoms with Crippen molar-refractivity contribution in [1.82, 2.24) is 0 Å². The van der Waals surface area contributed by atoms with Gasteiger partial charge in [0, 0.05) is 13.6 Å². The smallest absolute Gasteiger partial charge is 0.0479 e. The van der Waals surface area contributed by atoms with E-state index in [0.29, 0.717) is 0 Å². The van der Waals surface area contributed by atoms with E-state index in [-0.39, 0.29) is 0 Å². The number of fused-ring (bicyclic) bond motifs is 1. The Balaban J connectivity index is 2.82. The van der Waals surface area contributed by atoms with Gasteiger partial charge in [-0.1, -0.05) is 22.9 Å². The van der Waals surface area contributed by atoms with Crippen LogP contribution in [0.1, 0.15) is 18.1 Å². The third kappa shape index (κ3) is 1.74. The Morgan fingerprint density at radius 3 is 2.93 bits per heavy atom. The Morgan fingerprint density at radius 1 is 1.50 bits per heavy atom. The molecule has 0 aliphatic carbocycles. The van der Waals surface area contributed by atoms with E-state index in [9.17, 15) is 0 Å². The summed E-state index contributed by atoms with van der Waals surface area (Å²) >= 11 is 7.82. The lowest BCUT2D eigenvalue weighted by Gasteiger charge is -2.08. The topological polar surface area (TPSA) is 0 Å². The van der Waals surface area contributed by atoms with Crippen molar-refractivity contribution in [2.75, 3.05) is 0 Å². The van der Waals surface area contributed by atoms with Crippen LogP contribution in [0.3, 0.4) is 0 Å². The minimum Gasteiger partial charge on any atom is -0.143 e. The summed E-state index contributed by atoms with van der Waals surface area (Å²) in [7, 11) is 0. The van der Waals surface area contributed by atoms with Crippen LogP contribution in [0.25, 0.3) is 10.1 Å². The highest BCUT2D eigenvalue weighted by molar-refractivity contribution is 14.1. The second-order valence-corrected chi connectivity index (χ2v) is 5.79. The number of alkyl halides is 1. The Bertz CT molecular complexity index is 462. The van der Waals surface area contributed by atoms with Crippen molar-refractivity contribution in [3.05, 3.63) is 32.2 Å². The van der Waals surface area contributed by atoms with Crippen molar-refractivity contribution >= 4 is 59.9 Å². The molecule has 1 heterocycles. The molecule has 0 bridgehead atoms. The van der Waals surface area contributed by atoms with Crippen LogP contribution in [0.2, 0.25) is 0 Å². The molecule has 0 unspecified atom stereocenters. The highest BCUT2D eigenvalue weighted by Crippen LogP contribution is 2.32. The second kappa shape index (κ2) is 4.49. The standard InChI is InChI=1S/C11H10BrIS/c1-2-8-7(6-12)5-10(13)11-9(8)3-4-14-11/h3-5H,2,6H2,1H3. The molecule has 0 aliphatic heterocycles. The minimum absolute atomic E-state index is 0.956. The molecule has 1 aromatic heterocycles. The molecule has 0 saturated heterocycles. The maximum Gasteiger partial charge on any atom is 0.0479 e. The minimum atomic E-state index is 0.956. The zero-order valence-corrected chi connectivity index (χ0v) is 12.4. The lowest BCUT2D eigenvalue weighted by Crippen LogP contribution is -1.91. The number of rotatable bonds is 2. The van der Waals surface area contributed by atoms with Gasteiger partial charge in [0.15, 0.2) is 0 Å². The molecule has 2 rings (SSSR count). The number of thiophene rings is 1. The van der Waals surface area contributed by atoms with Crippen molar-refractivity contribution in [2.45, 2.75) is 18.7 Å². The summed E-state index contributed by atoms with van der Waals surface area (Å²) in [5.74, 6) is 0. The molecule has 0 radical (unpaired) electrons. The molecule has 74 valence electrons. The maximum atomic E-state index is 3.56. The SMILES string of the molecule is CCc1c(CBr)cc(I)c2sccc12. The lowest BCUT2D eigenvalue weighted by atomic mass is 10.0. The quantitative estimate of drug-likeness (QED) is 0.510. The van der Waals surface area contributed by atoms with Crippen molar-refractivity contribution in [3.8, 4) is 0 Å². The fourth-order valence-corrected chi connectivity index (χ4v) is 4.13. The summed E-state index contributed by atoms with van der Waals surface area (Å²) in [5.41, 5.74) is 2.93. The first-order valence-electron chi connectivity index (χ1n) is 4.51. The molecule has 0 saturated carbocycles. The van der Waals surface area contributed by atoms with E-state index in [0.717, 1.165) is 11.8 Å². The fourth-order valence-electron chi connectivity index (χ4n) is 1.75. The van der Waals surface area contributed by atoms with Gasteiger partial charge < -0.3 is 0 Å². The molecule has 3 heteroatoms. The summed E-state index contributed by atoms with van der Waals surface area (Å²) in [4.78, 5) is 0. The van der Waals surface area contributed by atoms with Crippen molar-refractivity contribution in [1.29, 1.82) is 0 Å². The first-order chi connectivity index (χ1) is 6.77. The van der Waals surface area contributed by atoms with E-state index in [1.807, 2.05) is 11.3 Å².